The number of hydrogen-bond acceptors (Lipinski definition) is 5. The summed E-state index contributed by atoms with van der Waals surface area (Å²) in [4.78, 5) is 12.7. The van der Waals surface area contributed by atoms with Crippen LogP contribution in [0.4, 0.5) is 0 Å². The first-order valence-corrected chi connectivity index (χ1v) is 7.20. The van der Waals surface area contributed by atoms with Gasteiger partial charge in [0.25, 0.3) is 5.91 Å². The lowest BCUT2D eigenvalue weighted by Gasteiger charge is -2.10. The van der Waals surface area contributed by atoms with Crippen molar-refractivity contribution >= 4 is 17.4 Å². The largest absolute Gasteiger partial charge is 0.497 e. The lowest BCUT2D eigenvalue weighted by Crippen LogP contribution is -2.31. The van der Waals surface area contributed by atoms with Crippen molar-refractivity contribution in [3.05, 3.63) is 29.1 Å². The molecule has 2 aromatic rings. The Morgan fingerprint density at radius 2 is 2.10 bits per heavy atom. The third-order valence-electron chi connectivity index (χ3n) is 3.05. The number of benzene rings is 1. The molecule has 0 radical (unpaired) electrons. The second-order valence-electron chi connectivity index (χ2n) is 4.46. The number of hydrogen-bond donors (Lipinski definition) is 1. The molecule has 0 bridgehead atoms. The van der Waals surface area contributed by atoms with E-state index in [1.54, 1.807) is 7.11 Å². The van der Waals surface area contributed by atoms with E-state index >= 15 is 0 Å². The van der Waals surface area contributed by atoms with E-state index in [0.29, 0.717) is 10.6 Å². The fraction of sp³-hybridized carbons (Fsp3) is 0.357. The van der Waals surface area contributed by atoms with Crippen LogP contribution in [0.1, 0.15) is 29.9 Å². The summed E-state index contributed by atoms with van der Waals surface area (Å²) in [6, 6.07) is 7.55. The average molecular weight is 291 g/mol. The monoisotopic (exact) mass is 291 g/mol. The van der Waals surface area contributed by atoms with Crippen molar-refractivity contribution in [2.45, 2.75) is 26.3 Å². The first kappa shape index (κ1) is 14.5. The minimum Gasteiger partial charge on any atom is -0.497 e. The average Bonchev–Trinajstić information content (AvgIpc) is 2.96. The predicted molar refractivity (Wildman–Crippen MR) is 79.1 cm³/mol. The molecule has 6 heteroatoms. The molecule has 1 heterocycles. The molecule has 0 saturated carbocycles. The Hall–Kier alpha value is -1.95. The van der Waals surface area contributed by atoms with Crippen molar-refractivity contribution < 1.29 is 9.53 Å². The molecular formula is C14H17N3O2S. The molecule has 5 nitrogen and oxygen atoms in total. The Kier molecular flexibility index (Phi) is 4.68. The van der Waals surface area contributed by atoms with Crippen molar-refractivity contribution in [3.63, 3.8) is 0 Å². The molecule has 0 aliphatic carbocycles. The van der Waals surface area contributed by atoms with Crippen LogP contribution < -0.4 is 10.1 Å². The van der Waals surface area contributed by atoms with Crippen LogP contribution in [0.3, 0.4) is 0 Å². The van der Waals surface area contributed by atoms with Crippen LogP contribution in [0.15, 0.2) is 24.3 Å². The molecule has 1 N–H and O–H groups in total. The second kappa shape index (κ2) is 6.47. The van der Waals surface area contributed by atoms with Crippen molar-refractivity contribution in [2.75, 3.05) is 7.11 Å². The second-order valence-corrected chi connectivity index (χ2v) is 5.22. The van der Waals surface area contributed by atoms with E-state index in [1.807, 2.05) is 38.1 Å². The minimum atomic E-state index is -0.125. The van der Waals surface area contributed by atoms with Gasteiger partial charge in [-0.25, -0.2) is 0 Å². The summed E-state index contributed by atoms with van der Waals surface area (Å²) < 4.78 is 9.01. The zero-order valence-electron chi connectivity index (χ0n) is 11.7. The van der Waals surface area contributed by atoms with E-state index in [2.05, 4.69) is 14.9 Å². The predicted octanol–water partition coefficient (Wildman–Crippen LogP) is 2.74. The maximum absolute atomic E-state index is 12.2. The van der Waals surface area contributed by atoms with Crippen LogP contribution in [0.25, 0.3) is 11.3 Å². The highest BCUT2D eigenvalue weighted by molar-refractivity contribution is 7.08. The van der Waals surface area contributed by atoms with Gasteiger partial charge in [-0.2, -0.15) is 0 Å². The van der Waals surface area contributed by atoms with Gasteiger partial charge in [-0.3, -0.25) is 4.79 Å². The maximum Gasteiger partial charge on any atom is 0.265 e. The number of rotatable bonds is 5. The van der Waals surface area contributed by atoms with Crippen LogP contribution in [0, 0.1) is 0 Å². The summed E-state index contributed by atoms with van der Waals surface area (Å²) in [7, 11) is 1.62. The van der Waals surface area contributed by atoms with E-state index < -0.39 is 0 Å². The van der Waals surface area contributed by atoms with Crippen LogP contribution in [-0.2, 0) is 0 Å². The molecule has 0 aliphatic rings. The summed E-state index contributed by atoms with van der Waals surface area (Å²) in [6.45, 7) is 4.00. The minimum absolute atomic E-state index is 0.125. The van der Waals surface area contributed by atoms with E-state index in [-0.39, 0.29) is 11.9 Å². The SMILES string of the molecule is CC[C@H](C)NC(=O)c1snnc1-c1ccc(OC)cc1. The molecule has 0 saturated heterocycles. The maximum atomic E-state index is 12.2. The Labute approximate surface area is 122 Å². The first-order chi connectivity index (χ1) is 9.65. The number of ether oxygens (including phenoxy) is 1. The molecular weight excluding hydrogens is 274 g/mol. The highest BCUT2D eigenvalue weighted by Gasteiger charge is 2.18. The molecule has 1 atom stereocenters. The number of aromatic nitrogens is 2. The molecule has 0 spiro atoms. The van der Waals surface area contributed by atoms with Gasteiger partial charge in [0, 0.05) is 11.6 Å². The number of amides is 1. The van der Waals surface area contributed by atoms with Gasteiger partial charge in [0.05, 0.1) is 7.11 Å². The molecule has 0 unspecified atom stereocenters. The number of nitrogens with zero attached hydrogens (tertiary/aromatic N) is 2. The molecule has 1 amide bonds. The highest BCUT2D eigenvalue weighted by Crippen LogP contribution is 2.25. The summed E-state index contributed by atoms with van der Waals surface area (Å²) in [6.07, 6.45) is 0.885. The van der Waals surface area contributed by atoms with Crippen LogP contribution in [0.2, 0.25) is 0 Å². The van der Waals surface area contributed by atoms with E-state index in [0.717, 1.165) is 29.3 Å². The van der Waals surface area contributed by atoms with Crippen molar-refractivity contribution in [1.29, 1.82) is 0 Å². The smallest absolute Gasteiger partial charge is 0.265 e. The van der Waals surface area contributed by atoms with E-state index in [1.165, 1.54) is 0 Å². The zero-order chi connectivity index (χ0) is 14.5. The Morgan fingerprint density at radius 3 is 2.70 bits per heavy atom. The van der Waals surface area contributed by atoms with Gasteiger partial charge in [-0.05, 0) is 49.1 Å². The third-order valence-corrected chi connectivity index (χ3v) is 3.77. The lowest BCUT2D eigenvalue weighted by molar-refractivity contribution is 0.0944. The Bertz CT molecular complexity index is 580. The quantitative estimate of drug-likeness (QED) is 0.920. The van der Waals surface area contributed by atoms with Crippen molar-refractivity contribution in [3.8, 4) is 17.0 Å². The number of nitrogens with one attached hydrogen (secondary N) is 1. The fourth-order valence-electron chi connectivity index (χ4n) is 1.67. The molecule has 106 valence electrons. The number of methoxy groups -OCH3 is 1. The summed E-state index contributed by atoms with van der Waals surface area (Å²) in [5.41, 5.74) is 1.47. The molecule has 1 aromatic heterocycles. The van der Waals surface area contributed by atoms with Gasteiger partial charge in [0.2, 0.25) is 0 Å². The third kappa shape index (κ3) is 3.14. The molecule has 0 fully saturated rings. The van der Waals surface area contributed by atoms with Crippen LogP contribution in [0.5, 0.6) is 5.75 Å². The lowest BCUT2D eigenvalue weighted by atomic mass is 10.1. The Balaban J connectivity index is 2.25. The van der Waals surface area contributed by atoms with Gasteiger partial charge in [-0.1, -0.05) is 11.4 Å². The summed E-state index contributed by atoms with van der Waals surface area (Å²) in [5.74, 6) is 0.641. The van der Waals surface area contributed by atoms with E-state index in [4.69, 9.17) is 4.74 Å². The normalized spacial score (nSPS) is 11.9. The van der Waals surface area contributed by atoms with E-state index in [9.17, 15) is 4.79 Å². The van der Waals surface area contributed by atoms with Crippen molar-refractivity contribution in [1.82, 2.24) is 14.9 Å². The molecule has 20 heavy (non-hydrogen) atoms. The Morgan fingerprint density at radius 1 is 1.40 bits per heavy atom. The van der Waals surface area contributed by atoms with Crippen LogP contribution in [-0.4, -0.2) is 28.6 Å². The standard InChI is InChI=1S/C14H17N3O2S/c1-4-9(2)15-14(18)13-12(16-17-20-13)10-5-7-11(19-3)8-6-10/h5-9H,4H2,1-3H3,(H,15,18)/t9-/m0/s1. The van der Waals surface area contributed by atoms with Gasteiger partial charge in [0.15, 0.2) is 0 Å². The zero-order valence-corrected chi connectivity index (χ0v) is 12.5. The first-order valence-electron chi connectivity index (χ1n) is 6.43. The van der Waals surface area contributed by atoms with Gasteiger partial charge in [-0.15, -0.1) is 5.10 Å². The van der Waals surface area contributed by atoms with Gasteiger partial charge < -0.3 is 10.1 Å². The highest BCUT2D eigenvalue weighted by atomic mass is 32.1. The molecule has 0 aliphatic heterocycles. The van der Waals surface area contributed by atoms with Crippen molar-refractivity contribution in [2.24, 2.45) is 0 Å². The summed E-state index contributed by atoms with van der Waals surface area (Å²) in [5, 5.41) is 6.99. The fourth-order valence-corrected chi connectivity index (χ4v) is 2.26. The topological polar surface area (TPSA) is 64.1 Å². The van der Waals surface area contributed by atoms with Gasteiger partial charge >= 0.3 is 0 Å². The van der Waals surface area contributed by atoms with Crippen LogP contribution >= 0.6 is 11.5 Å². The van der Waals surface area contributed by atoms with Gasteiger partial charge in [0.1, 0.15) is 16.3 Å². The number of carbonyl (C=O) groups excluding carboxylic acids is 1. The number of carbonyl (C=O) groups is 1. The molecule has 2 rings (SSSR count). The summed E-state index contributed by atoms with van der Waals surface area (Å²) >= 11 is 1.11. The molecule has 1 aromatic carbocycles.